The number of anilines is 1. The Bertz CT molecular complexity index is 696. The molecule has 2 rings (SSSR count). The van der Waals surface area contributed by atoms with Crippen LogP contribution in [0.2, 0.25) is 0 Å². The van der Waals surface area contributed by atoms with Gasteiger partial charge in [-0.15, -0.1) is 0 Å². The summed E-state index contributed by atoms with van der Waals surface area (Å²) in [5.41, 5.74) is 6.82. The van der Waals surface area contributed by atoms with Crippen molar-refractivity contribution in [3.63, 3.8) is 0 Å². The fourth-order valence-electron chi connectivity index (χ4n) is 2.92. The molecule has 0 aliphatic rings. The van der Waals surface area contributed by atoms with E-state index in [0.717, 1.165) is 23.4 Å². The normalized spacial score (nSPS) is 12.3. The fraction of sp³-hybridized carbons (Fsp3) is 0.381. The molecule has 128 valence electrons. The molecule has 2 aromatic carbocycles. The molecule has 0 saturated heterocycles. The zero-order valence-corrected chi connectivity index (χ0v) is 15.6. The van der Waals surface area contributed by atoms with Crippen molar-refractivity contribution >= 4 is 11.6 Å². The number of benzene rings is 2. The lowest BCUT2D eigenvalue weighted by molar-refractivity contribution is -0.120. The topological polar surface area (TPSA) is 32.3 Å². The highest BCUT2D eigenvalue weighted by Gasteiger charge is 2.19. The molecule has 24 heavy (non-hydrogen) atoms. The molecule has 2 aromatic rings. The van der Waals surface area contributed by atoms with E-state index in [0.29, 0.717) is 0 Å². The van der Waals surface area contributed by atoms with Crippen LogP contribution in [0.5, 0.6) is 0 Å². The standard InChI is InChI=1S/C21H28N2O/c1-14-7-9-19(10-8-14)13-23(6)18(5)21(24)22-20-16(3)11-15(2)12-17(20)4/h7-12,18H,13H2,1-6H3,(H,22,24)/t18-/m1/s1. The molecular weight excluding hydrogens is 296 g/mol. The number of nitrogens with one attached hydrogen (secondary N) is 1. The highest BCUT2D eigenvalue weighted by molar-refractivity contribution is 5.95. The number of amides is 1. The van der Waals surface area contributed by atoms with E-state index < -0.39 is 0 Å². The first-order chi connectivity index (χ1) is 11.3. The van der Waals surface area contributed by atoms with Gasteiger partial charge in [0.15, 0.2) is 0 Å². The third-order valence-electron chi connectivity index (χ3n) is 4.52. The van der Waals surface area contributed by atoms with Crippen LogP contribution < -0.4 is 5.32 Å². The summed E-state index contributed by atoms with van der Waals surface area (Å²) < 4.78 is 0. The minimum Gasteiger partial charge on any atom is -0.324 e. The van der Waals surface area contributed by atoms with E-state index in [1.165, 1.54) is 16.7 Å². The first-order valence-corrected chi connectivity index (χ1v) is 8.42. The van der Waals surface area contributed by atoms with Crippen molar-refractivity contribution in [1.82, 2.24) is 4.90 Å². The number of hydrogen-bond acceptors (Lipinski definition) is 2. The van der Waals surface area contributed by atoms with Gasteiger partial charge in [-0.2, -0.15) is 0 Å². The van der Waals surface area contributed by atoms with E-state index in [1.807, 2.05) is 27.8 Å². The molecule has 0 unspecified atom stereocenters. The average molecular weight is 324 g/mol. The van der Waals surface area contributed by atoms with Gasteiger partial charge in [0.2, 0.25) is 5.91 Å². The van der Waals surface area contributed by atoms with Crippen molar-refractivity contribution in [3.05, 3.63) is 64.2 Å². The predicted octanol–water partition coefficient (Wildman–Crippen LogP) is 4.38. The molecule has 1 atom stereocenters. The van der Waals surface area contributed by atoms with Gasteiger partial charge in [-0.1, -0.05) is 47.5 Å². The number of likely N-dealkylation sites (N-methyl/N-ethyl adjacent to an activating group) is 1. The minimum atomic E-state index is -0.202. The molecule has 0 fully saturated rings. The van der Waals surface area contributed by atoms with Crippen molar-refractivity contribution in [2.24, 2.45) is 0 Å². The summed E-state index contributed by atoms with van der Waals surface area (Å²) >= 11 is 0. The Morgan fingerprint density at radius 1 is 1.00 bits per heavy atom. The molecular formula is C21H28N2O. The summed E-state index contributed by atoms with van der Waals surface area (Å²) in [4.78, 5) is 14.7. The number of carbonyl (C=O) groups is 1. The summed E-state index contributed by atoms with van der Waals surface area (Å²) in [5, 5.41) is 3.10. The Morgan fingerprint density at radius 2 is 1.54 bits per heavy atom. The van der Waals surface area contributed by atoms with Crippen LogP contribution in [-0.4, -0.2) is 23.9 Å². The SMILES string of the molecule is Cc1ccc(CN(C)[C@H](C)C(=O)Nc2c(C)cc(C)cc2C)cc1. The summed E-state index contributed by atoms with van der Waals surface area (Å²) in [5.74, 6) is 0.0275. The molecule has 3 nitrogen and oxygen atoms in total. The monoisotopic (exact) mass is 324 g/mol. The molecule has 1 N–H and O–H groups in total. The van der Waals surface area contributed by atoms with Crippen LogP contribution in [0.15, 0.2) is 36.4 Å². The van der Waals surface area contributed by atoms with Gasteiger partial charge in [0, 0.05) is 12.2 Å². The number of nitrogens with zero attached hydrogens (tertiary/aromatic N) is 1. The number of rotatable bonds is 5. The van der Waals surface area contributed by atoms with E-state index in [9.17, 15) is 4.79 Å². The molecule has 0 heterocycles. The molecule has 1 amide bonds. The van der Waals surface area contributed by atoms with E-state index >= 15 is 0 Å². The number of carbonyl (C=O) groups excluding carboxylic acids is 1. The fourth-order valence-corrected chi connectivity index (χ4v) is 2.92. The molecule has 0 aromatic heterocycles. The molecule has 0 radical (unpaired) electrons. The van der Waals surface area contributed by atoms with Crippen LogP contribution in [0, 0.1) is 27.7 Å². The Kier molecular flexibility index (Phi) is 5.79. The molecule has 3 heteroatoms. The van der Waals surface area contributed by atoms with Crippen molar-refractivity contribution in [1.29, 1.82) is 0 Å². The van der Waals surface area contributed by atoms with E-state index in [4.69, 9.17) is 0 Å². The molecule has 0 saturated carbocycles. The quantitative estimate of drug-likeness (QED) is 0.885. The lowest BCUT2D eigenvalue weighted by Gasteiger charge is -2.25. The van der Waals surface area contributed by atoms with Gasteiger partial charge in [0.1, 0.15) is 0 Å². The van der Waals surface area contributed by atoms with Gasteiger partial charge in [-0.05, 0) is 58.4 Å². The van der Waals surface area contributed by atoms with Crippen LogP contribution in [0.3, 0.4) is 0 Å². The van der Waals surface area contributed by atoms with Crippen LogP contribution in [0.1, 0.15) is 34.7 Å². The van der Waals surface area contributed by atoms with Crippen molar-refractivity contribution in [2.75, 3.05) is 12.4 Å². The summed E-state index contributed by atoms with van der Waals surface area (Å²) in [7, 11) is 1.99. The summed E-state index contributed by atoms with van der Waals surface area (Å²) in [6, 6.07) is 12.4. The first kappa shape index (κ1) is 18.2. The molecule has 0 aliphatic carbocycles. The average Bonchev–Trinajstić information content (AvgIpc) is 2.52. The highest BCUT2D eigenvalue weighted by atomic mass is 16.2. The van der Waals surface area contributed by atoms with Gasteiger partial charge in [-0.3, -0.25) is 9.69 Å². The lowest BCUT2D eigenvalue weighted by Crippen LogP contribution is -2.39. The van der Waals surface area contributed by atoms with Gasteiger partial charge in [0.25, 0.3) is 0 Å². The zero-order valence-electron chi connectivity index (χ0n) is 15.6. The van der Waals surface area contributed by atoms with Gasteiger partial charge in [-0.25, -0.2) is 0 Å². The minimum absolute atomic E-state index is 0.0275. The Balaban J connectivity index is 2.05. The van der Waals surface area contributed by atoms with Crippen molar-refractivity contribution in [2.45, 2.75) is 47.2 Å². The summed E-state index contributed by atoms with van der Waals surface area (Å²) in [6.07, 6.45) is 0. The second-order valence-corrected chi connectivity index (χ2v) is 6.84. The van der Waals surface area contributed by atoms with Crippen LogP contribution >= 0.6 is 0 Å². The van der Waals surface area contributed by atoms with Crippen LogP contribution in [-0.2, 0) is 11.3 Å². The van der Waals surface area contributed by atoms with E-state index in [1.54, 1.807) is 0 Å². The maximum Gasteiger partial charge on any atom is 0.241 e. The van der Waals surface area contributed by atoms with Crippen LogP contribution in [0.4, 0.5) is 5.69 Å². The zero-order chi connectivity index (χ0) is 17.9. The van der Waals surface area contributed by atoms with Crippen molar-refractivity contribution < 1.29 is 4.79 Å². The summed E-state index contributed by atoms with van der Waals surface area (Å²) in [6.45, 7) is 10.9. The first-order valence-electron chi connectivity index (χ1n) is 8.42. The maximum absolute atomic E-state index is 12.6. The Labute approximate surface area is 145 Å². The molecule has 0 spiro atoms. The van der Waals surface area contributed by atoms with E-state index in [-0.39, 0.29) is 11.9 Å². The largest absolute Gasteiger partial charge is 0.324 e. The molecule has 0 aliphatic heterocycles. The highest BCUT2D eigenvalue weighted by Crippen LogP contribution is 2.22. The van der Waals surface area contributed by atoms with Gasteiger partial charge < -0.3 is 5.32 Å². The third kappa shape index (κ3) is 4.45. The number of aryl methyl sites for hydroxylation is 4. The Hall–Kier alpha value is -2.13. The second kappa shape index (κ2) is 7.63. The molecule has 0 bridgehead atoms. The smallest absolute Gasteiger partial charge is 0.241 e. The number of hydrogen-bond donors (Lipinski definition) is 1. The third-order valence-corrected chi connectivity index (χ3v) is 4.52. The van der Waals surface area contributed by atoms with Gasteiger partial charge in [0.05, 0.1) is 6.04 Å². The van der Waals surface area contributed by atoms with E-state index in [2.05, 4.69) is 60.5 Å². The maximum atomic E-state index is 12.6. The van der Waals surface area contributed by atoms with Crippen molar-refractivity contribution in [3.8, 4) is 0 Å². The van der Waals surface area contributed by atoms with Gasteiger partial charge >= 0.3 is 0 Å². The second-order valence-electron chi connectivity index (χ2n) is 6.84. The predicted molar refractivity (Wildman–Crippen MR) is 101 cm³/mol. The Morgan fingerprint density at radius 3 is 2.08 bits per heavy atom. The lowest BCUT2D eigenvalue weighted by atomic mass is 10.0. The van der Waals surface area contributed by atoms with Crippen LogP contribution in [0.25, 0.3) is 0 Å².